The summed E-state index contributed by atoms with van der Waals surface area (Å²) < 4.78 is 2.73. The summed E-state index contributed by atoms with van der Waals surface area (Å²) in [4.78, 5) is 0. The van der Waals surface area contributed by atoms with E-state index in [4.69, 9.17) is 6.58 Å². The fourth-order valence-electron chi connectivity index (χ4n) is 3.10. The van der Waals surface area contributed by atoms with Gasteiger partial charge in [0, 0.05) is 0 Å². The third-order valence-corrected chi connectivity index (χ3v) is 14.1. The summed E-state index contributed by atoms with van der Waals surface area (Å²) in [6.07, 6.45) is 1.81. The molecule has 4 heteroatoms. The molecule has 0 amide bonds. The molecule has 0 aliphatic carbocycles. The van der Waals surface area contributed by atoms with Crippen molar-refractivity contribution < 1.29 is 18.9 Å². The summed E-state index contributed by atoms with van der Waals surface area (Å²) in [7, 11) is -2.93. The van der Waals surface area contributed by atoms with Gasteiger partial charge in [-0.05, 0) is 16.9 Å². The Bertz CT molecular complexity index is 394. The quantitative estimate of drug-likeness (QED) is 0.474. The van der Waals surface area contributed by atoms with Crippen LogP contribution < -0.4 is 29.2 Å². The van der Waals surface area contributed by atoms with Crippen molar-refractivity contribution in [3.8, 4) is 0 Å². The van der Waals surface area contributed by atoms with Crippen molar-refractivity contribution in [3.63, 3.8) is 0 Å². The fraction of sp³-hybridized carbons (Fsp3) is 0.385. The van der Waals surface area contributed by atoms with Gasteiger partial charge >= 0.3 is 18.9 Å². The van der Waals surface area contributed by atoms with Crippen LogP contribution in [0.4, 0.5) is 0 Å². The van der Waals surface area contributed by atoms with Crippen molar-refractivity contribution in [2.45, 2.75) is 26.2 Å². The summed E-state index contributed by atoms with van der Waals surface area (Å²) in [6, 6.07) is 9.00. The molecule has 1 aromatic rings. The van der Waals surface area contributed by atoms with E-state index < -0.39 is 16.5 Å². The molecule has 1 heterocycles. The van der Waals surface area contributed by atoms with Gasteiger partial charge in [0.25, 0.3) is 0 Å². The molecular weight excluding hydrogens is 233 g/mol. The molecule has 0 fully saturated rings. The third kappa shape index (κ3) is 2.16. The Labute approximate surface area is 119 Å². The van der Waals surface area contributed by atoms with Crippen LogP contribution in [-0.2, 0) is 0 Å². The maximum atomic E-state index is 5.66. The van der Waals surface area contributed by atoms with Crippen molar-refractivity contribution in [1.82, 2.24) is 4.23 Å². The Morgan fingerprint density at radius 1 is 1.06 bits per heavy atom. The van der Waals surface area contributed by atoms with Crippen LogP contribution in [-0.4, -0.2) is 27.2 Å². The molecule has 86 valence electrons. The number of nitrogens with zero attached hydrogens (tertiary/aromatic N) is 1. The predicted molar refractivity (Wildman–Crippen MR) is 76.3 cm³/mol. The zero-order valence-electron chi connectivity index (χ0n) is 11.6. The van der Waals surface area contributed by atoms with Crippen LogP contribution in [0.1, 0.15) is 0 Å². The van der Waals surface area contributed by atoms with E-state index in [0.717, 1.165) is 6.54 Å². The maximum Gasteiger partial charge on any atom is 1.00 e. The van der Waals surface area contributed by atoms with Crippen LogP contribution in [0.2, 0.25) is 26.2 Å². The minimum atomic E-state index is -1.46. The molecule has 0 N–H and O–H groups in total. The van der Waals surface area contributed by atoms with Crippen molar-refractivity contribution in [1.29, 1.82) is 0 Å². The van der Waals surface area contributed by atoms with E-state index in [1.807, 2.05) is 6.08 Å². The molecule has 0 radical (unpaired) electrons. The maximum absolute atomic E-state index is 5.66. The van der Waals surface area contributed by atoms with Gasteiger partial charge in [0.1, 0.15) is 16.5 Å². The van der Waals surface area contributed by atoms with Gasteiger partial charge in [0.2, 0.25) is 0 Å². The first-order valence-corrected chi connectivity index (χ1v) is 11.7. The van der Waals surface area contributed by atoms with Crippen LogP contribution in [0, 0.1) is 6.58 Å². The Morgan fingerprint density at radius 3 is 1.82 bits per heavy atom. The van der Waals surface area contributed by atoms with Crippen LogP contribution in [0.5, 0.6) is 0 Å². The van der Waals surface area contributed by atoms with Gasteiger partial charge in [-0.25, -0.2) is 0 Å². The standard InChI is InChI=1S/C13H20NSi2.Li/c1-6-11-14-15(2,3)12-9-7-8-10-13(12)16(14,4)5;/h1,6-10H,11H2,2-5H3;/q-1;+1. The van der Waals surface area contributed by atoms with E-state index in [1.54, 1.807) is 10.4 Å². The summed E-state index contributed by atoms with van der Waals surface area (Å²) in [5.41, 5.74) is 0. The SMILES string of the molecule is [CH-]=CCN1[Si](C)(C)c2ccccc2[Si]1(C)C.[Li+]. The van der Waals surface area contributed by atoms with E-state index in [-0.39, 0.29) is 18.9 Å². The summed E-state index contributed by atoms with van der Waals surface area (Å²) in [6.45, 7) is 16.4. The van der Waals surface area contributed by atoms with Gasteiger partial charge in [-0.3, -0.25) is 6.08 Å². The summed E-state index contributed by atoms with van der Waals surface area (Å²) >= 11 is 0. The molecule has 1 aliphatic heterocycles. The first-order valence-electron chi connectivity index (χ1n) is 5.83. The monoisotopic (exact) mass is 253 g/mol. The number of rotatable bonds is 2. The van der Waals surface area contributed by atoms with Gasteiger partial charge in [-0.2, -0.15) is 0 Å². The van der Waals surface area contributed by atoms with Gasteiger partial charge in [-0.1, -0.05) is 50.5 Å². The molecule has 2 rings (SSSR count). The summed E-state index contributed by atoms with van der Waals surface area (Å²) in [5.74, 6) is 0. The van der Waals surface area contributed by atoms with Crippen molar-refractivity contribution in [3.05, 3.63) is 36.9 Å². The average Bonchev–Trinajstić information content (AvgIpc) is 2.38. The fourth-order valence-corrected chi connectivity index (χ4v) is 15.4. The molecule has 17 heavy (non-hydrogen) atoms. The average molecular weight is 253 g/mol. The molecule has 0 bridgehead atoms. The Morgan fingerprint density at radius 2 is 1.47 bits per heavy atom. The topological polar surface area (TPSA) is 3.24 Å². The second-order valence-electron chi connectivity index (χ2n) is 5.51. The van der Waals surface area contributed by atoms with E-state index in [1.165, 1.54) is 0 Å². The number of hydrogen-bond acceptors (Lipinski definition) is 1. The smallest absolute Gasteiger partial charge is 0.517 e. The Kier molecular flexibility index (Phi) is 4.33. The van der Waals surface area contributed by atoms with Crippen LogP contribution >= 0.6 is 0 Å². The van der Waals surface area contributed by atoms with Crippen molar-refractivity contribution >= 4 is 26.8 Å². The molecule has 0 spiro atoms. The van der Waals surface area contributed by atoms with E-state index in [0.29, 0.717) is 0 Å². The normalized spacial score (nSPS) is 20.5. The minimum absolute atomic E-state index is 0. The Hall–Kier alpha value is -0.0488. The van der Waals surface area contributed by atoms with Gasteiger partial charge in [0.05, 0.1) is 0 Å². The second-order valence-corrected chi connectivity index (χ2v) is 14.4. The number of benzene rings is 1. The molecule has 1 aliphatic rings. The number of fused-ring (bicyclic) bond motifs is 1. The third-order valence-electron chi connectivity index (χ3n) is 3.88. The van der Waals surface area contributed by atoms with Crippen molar-refractivity contribution in [2.24, 2.45) is 0 Å². The Balaban J connectivity index is 0.00000144. The molecule has 0 saturated carbocycles. The predicted octanol–water partition coefficient (Wildman–Crippen LogP) is -1.18. The van der Waals surface area contributed by atoms with Crippen LogP contribution in [0.3, 0.4) is 0 Å². The molecular formula is C13H20LiNSi2. The van der Waals surface area contributed by atoms with Crippen molar-refractivity contribution in [2.75, 3.05) is 6.54 Å². The largest absolute Gasteiger partial charge is 1.00 e. The molecule has 0 unspecified atom stereocenters. The van der Waals surface area contributed by atoms with Gasteiger partial charge < -0.3 is 10.8 Å². The first kappa shape index (κ1) is 15.0. The molecule has 0 aromatic heterocycles. The van der Waals surface area contributed by atoms with E-state index >= 15 is 0 Å². The second kappa shape index (κ2) is 4.91. The first-order chi connectivity index (χ1) is 7.42. The number of hydrogen-bond donors (Lipinski definition) is 0. The summed E-state index contributed by atoms with van der Waals surface area (Å²) in [5, 5.41) is 3.24. The van der Waals surface area contributed by atoms with Gasteiger partial charge in [-0.15, -0.1) is 0 Å². The molecule has 1 nitrogen and oxygen atoms in total. The van der Waals surface area contributed by atoms with Crippen LogP contribution in [0.15, 0.2) is 30.3 Å². The molecule has 0 saturated heterocycles. The van der Waals surface area contributed by atoms with E-state index in [2.05, 4.69) is 54.7 Å². The van der Waals surface area contributed by atoms with Gasteiger partial charge in [0.15, 0.2) is 0 Å². The zero-order chi connectivity index (χ0) is 12.0. The minimum Gasteiger partial charge on any atom is -0.517 e. The molecule has 1 aromatic carbocycles. The molecule has 0 atom stereocenters. The van der Waals surface area contributed by atoms with E-state index in [9.17, 15) is 0 Å². The van der Waals surface area contributed by atoms with Crippen LogP contribution in [0.25, 0.3) is 0 Å². The zero-order valence-corrected chi connectivity index (χ0v) is 13.6.